The van der Waals surface area contributed by atoms with Crippen LogP contribution in [0.3, 0.4) is 0 Å². The molecule has 0 aliphatic rings. The van der Waals surface area contributed by atoms with Crippen molar-refractivity contribution in [3.63, 3.8) is 0 Å². The molecule has 0 saturated heterocycles. The predicted octanol–water partition coefficient (Wildman–Crippen LogP) is 5.86. The standard InChI is InChI=1S/C29H27NO5S/c1-21-9-19-28(20-10-21)36(32,33)30(25-13-17-26(34-3)18-14-25)29(31)22(2)35-27-15-11-24(12-16-27)23-7-5-4-6-8-23/h4-20,22H,1-3H3. The molecule has 1 atom stereocenters. The zero-order valence-corrected chi connectivity index (χ0v) is 21.1. The Bertz CT molecular complexity index is 1420. The zero-order valence-electron chi connectivity index (χ0n) is 20.3. The van der Waals surface area contributed by atoms with Gasteiger partial charge in [0.2, 0.25) is 0 Å². The SMILES string of the molecule is COc1ccc(N(C(=O)C(C)Oc2ccc(-c3ccccc3)cc2)S(=O)(=O)c2ccc(C)cc2)cc1. The third kappa shape index (κ3) is 5.42. The maximum absolute atomic E-state index is 13.6. The lowest BCUT2D eigenvalue weighted by Crippen LogP contribution is -2.44. The number of carbonyl (C=O) groups excluding carboxylic acids is 1. The van der Waals surface area contributed by atoms with Gasteiger partial charge < -0.3 is 9.47 Å². The maximum Gasteiger partial charge on any atom is 0.281 e. The third-order valence-corrected chi connectivity index (χ3v) is 7.43. The Morgan fingerprint density at radius 1 is 0.750 bits per heavy atom. The van der Waals surface area contributed by atoms with Crippen LogP contribution in [0.2, 0.25) is 0 Å². The molecule has 0 N–H and O–H groups in total. The molecule has 1 amide bonds. The normalized spacial score (nSPS) is 12.0. The van der Waals surface area contributed by atoms with Gasteiger partial charge in [-0.25, -0.2) is 8.42 Å². The second-order valence-corrected chi connectivity index (χ2v) is 10.1. The lowest BCUT2D eigenvalue weighted by Gasteiger charge is -2.26. The van der Waals surface area contributed by atoms with Gasteiger partial charge in [0.25, 0.3) is 15.9 Å². The van der Waals surface area contributed by atoms with Crippen LogP contribution < -0.4 is 13.8 Å². The molecule has 0 heterocycles. The van der Waals surface area contributed by atoms with Crippen LogP contribution in [0, 0.1) is 6.92 Å². The first-order valence-electron chi connectivity index (χ1n) is 11.4. The molecule has 1 unspecified atom stereocenters. The van der Waals surface area contributed by atoms with Crippen molar-refractivity contribution < 1.29 is 22.7 Å². The molecule has 0 aliphatic carbocycles. The lowest BCUT2D eigenvalue weighted by atomic mass is 10.1. The summed E-state index contributed by atoms with van der Waals surface area (Å²) in [6.45, 7) is 3.40. The molecule has 7 heteroatoms. The van der Waals surface area contributed by atoms with Gasteiger partial charge in [0.05, 0.1) is 17.7 Å². The van der Waals surface area contributed by atoms with Crippen molar-refractivity contribution in [3.05, 3.63) is 109 Å². The summed E-state index contributed by atoms with van der Waals surface area (Å²) in [5.41, 5.74) is 3.16. The van der Waals surface area contributed by atoms with Crippen molar-refractivity contribution in [2.45, 2.75) is 24.8 Å². The van der Waals surface area contributed by atoms with E-state index in [1.807, 2.05) is 49.4 Å². The van der Waals surface area contributed by atoms with Crippen molar-refractivity contribution in [2.24, 2.45) is 0 Å². The van der Waals surface area contributed by atoms with E-state index < -0.39 is 22.0 Å². The van der Waals surface area contributed by atoms with Gasteiger partial charge in [-0.05, 0) is 73.5 Å². The highest BCUT2D eigenvalue weighted by molar-refractivity contribution is 7.93. The number of aryl methyl sites for hydroxylation is 1. The monoisotopic (exact) mass is 501 g/mol. The molecule has 0 aliphatic heterocycles. The predicted molar refractivity (Wildman–Crippen MR) is 141 cm³/mol. The van der Waals surface area contributed by atoms with Crippen LogP contribution >= 0.6 is 0 Å². The molecule has 36 heavy (non-hydrogen) atoms. The first-order chi connectivity index (χ1) is 17.3. The van der Waals surface area contributed by atoms with Gasteiger partial charge >= 0.3 is 0 Å². The molecule has 6 nitrogen and oxygen atoms in total. The number of sulfonamides is 1. The van der Waals surface area contributed by atoms with Gasteiger partial charge in [0.1, 0.15) is 11.5 Å². The lowest BCUT2D eigenvalue weighted by molar-refractivity contribution is -0.123. The largest absolute Gasteiger partial charge is 0.497 e. The van der Waals surface area contributed by atoms with Crippen LogP contribution in [0.4, 0.5) is 5.69 Å². The Kier molecular flexibility index (Phi) is 7.41. The van der Waals surface area contributed by atoms with E-state index in [1.54, 1.807) is 36.4 Å². The molecule has 0 spiro atoms. The van der Waals surface area contributed by atoms with E-state index in [2.05, 4.69) is 0 Å². The Hall–Kier alpha value is -4.10. The number of amides is 1. The number of ether oxygens (including phenoxy) is 2. The fourth-order valence-electron chi connectivity index (χ4n) is 3.69. The second kappa shape index (κ2) is 10.7. The molecule has 184 valence electrons. The van der Waals surface area contributed by atoms with E-state index in [0.29, 0.717) is 11.5 Å². The maximum atomic E-state index is 13.6. The van der Waals surface area contributed by atoms with Crippen LogP contribution in [0.1, 0.15) is 12.5 Å². The van der Waals surface area contributed by atoms with Gasteiger partial charge in [-0.1, -0.05) is 60.2 Å². The number of hydrogen-bond acceptors (Lipinski definition) is 5. The summed E-state index contributed by atoms with van der Waals surface area (Å²) < 4.78 is 39.1. The molecule has 4 rings (SSSR count). The number of hydrogen-bond donors (Lipinski definition) is 0. The van der Waals surface area contributed by atoms with E-state index in [9.17, 15) is 13.2 Å². The Balaban J connectivity index is 1.63. The van der Waals surface area contributed by atoms with Gasteiger partial charge in [-0.3, -0.25) is 4.79 Å². The van der Waals surface area contributed by atoms with E-state index in [0.717, 1.165) is 21.0 Å². The van der Waals surface area contributed by atoms with Crippen LogP contribution in [0.25, 0.3) is 11.1 Å². The molecular weight excluding hydrogens is 474 g/mol. The minimum atomic E-state index is -4.21. The smallest absolute Gasteiger partial charge is 0.281 e. The molecule has 0 saturated carbocycles. The molecular formula is C29H27NO5S. The molecule has 0 radical (unpaired) electrons. The van der Waals surface area contributed by atoms with Crippen molar-refractivity contribution in [3.8, 4) is 22.6 Å². The average Bonchev–Trinajstić information content (AvgIpc) is 2.90. The van der Waals surface area contributed by atoms with Crippen molar-refractivity contribution in [1.82, 2.24) is 0 Å². The summed E-state index contributed by atoms with van der Waals surface area (Å²) in [6, 6.07) is 29.8. The van der Waals surface area contributed by atoms with Crippen LogP contribution in [-0.2, 0) is 14.8 Å². The first-order valence-corrected chi connectivity index (χ1v) is 12.9. The summed E-state index contributed by atoms with van der Waals surface area (Å²) in [5, 5.41) is 0. The van der Waals surface area contributed by atoms with Gasteiger partial charge in [0.15, 0.2) is 6.10 Å². The minimum Gasteiger partial charge on any atom is -0.497 e. The number of methoxy groups -OCH3 is 1. The number of anilines is 1. The van der Waals surface area contributed by atoms with Crippen molar-refractivity contribution in [2.75, 3.05) is 11.4 Å². The molecule has 0 aromatic heterocycles. The van der Waals surface area contributed by atoms with E-state index in [-0.39, 0.29) is 10.6 Å². The first kappa shape index (κ1) is 25.0. The number of benzene rings is 4. The highest BCUT2D eigenvalue weighted by Gasteiger charge is 2.35. The number of nitrogens with zero attached hydrogens (tertiary/aromatic N) is 1. The second-order valence-electron chi connectivity index (χ2n) is 8.27. The fourth-order valence-corrected chi connectivity index (χ4v) is 5.17. The molecule has 0 bridgehead atoms. The Labute approximate surface area is 211 Å². The van der Waals surface area contributed by atoms with Gasteiger partial charge in [-0.15, -0.1) is 0 Å². The molecule has 4 aromatic rings. The third-order valence-electron chi connectivity index (χ3n) is 5.69. The Morgan fingerprint density at radius 2 is 1.31 bits per heavy atom. The highest BCUT2D eigenvalue weighted by Crippen LogP contribution is 2.28. The summed E-state index contributed by atoms with van der Waals surface area (Å²) >= 11 is 0. The average molecular weight is 502 g/mol. The van der Waals surface area contributed by atoms with Crippen LogP contribution in [-0.4, -0.2) is 27.5 Å². The highest BCUT2D eigenvalue weighted by atomic mass is 32.2. The van der Waals surface area contributed by atoms with Gasteiger partial charge in [-0.2, -0.15) is 4.31 Å². The van der Waals surface area contributed by atoms with E-state index in [4.69, 9.17) is 9.47 Å². The van der Waals surface area contributed by atoms with E-state index >= 15 is 0 Å². The Morgan fingerprint density at radius 3 is 1.89 bits per heavy atom. The summed E-state index contributed by atoms with van der Waals surface area (Å²) in [7, 11) is -2.69. The van der Waals surface area contributed by atoms with E-state index in [1.165, 1.54) is 38.3 Å². The fraction of sp³-hybridized carbons (Fsp3) is 0.138. The molecule has 4 aromatic carbocycles. The number of rotatable bonds is 8. The molecule has 0 fully saturated rings. The topological polar surface area (TPSA) is 72.9 Å². The van der Waals surface area contributed by atoms with Crippen LogP contribution in [0.5, 0.6) is 11.5 Å². The number of carbonyl (C=O) groups is 1. The quantitative estimate of drug-likeness (QED) is 0.302. The minimum absolute atomic E-state index is 0.0108. The summed E-state index contributed by atoms with van der Waals surface area (Å²) in [6.07, 6.45) is -1.07. The zero-order chi connectivity index (χ0) is 25.7. The summed E-state index contributed by atoms with van der Waals surface area (Å²) in [5.74, 6) is 0.285. The van der Waals surface area contributed by atoms with Gasteiger partial charge in [0, 0.05) is 0 Å². The van der Waals surface area contributed by atoms with Crippen molar-refractivity contribution in [1.29, 1.82) is 0 Å². The van der Waals surface area contributed by atoms with Crippen LogP contribution in [0.15, 0.2) is 108 Å². The summed E-state index contributed by atoms with van der Waals surface area (Å²) in [4.78, 5) is 13.6. The van der Waals surface area contributed by atoms with Crippen molar-refractivity contribution >= 4 is 21.6 Å².